The number of hydrogen-bond acceptors (Lipinski definition) is 6. The monoisotopic (exact) mass is 363 g/mol. The minimum Gasteiger partial charge on any atom is -0.382 e. The van der Waals surface area contributed by atoms with Crippen LogP contribution < -0.4 is 16.8 Å². The minimum absolute atomic E-state index is 0.298. The normalized spacial score (nSPS) is 9.85. The Hall–Kier alpha value is -3.58. The number of nitrogens with two attached hydrogens (primary N) is 2. The molecule has 27 heavy (non-hydrogen) atoms. The van der Waals surface area contributed by atoms with Crippen LogP contribution in [0.1, 0.15) is 20.7 Å². The molecule has 7 nitrogen and oxygen atoms in total. The molecule has 0 fully saturated rings. The SMILES string of the molecule is CNC.NC(=O)c1ccc(-c2cnc(N)c(-c3ccc(C=O)cc3)n2)cc1. The fourth-order valence-electron chi connectivity index (χ4n) is 2.27. The summed E-state index contributed by atoms with van der Waals surface area (Å²) in [5, 5.41) is 2.75. The molecule has 0 aliphatic heterocycles. The summed E-state index contributed by atoms with van der Waals surface area (Å²) < 4.78 is 0. The van der Waals surface area contributed by atoms with Gasteiger partial charge >= 0.3 is 0 Å². The number of primary amides is 1. The molecule has 1 amide bonds. The molecule has 3 aromatic rings. The van der Waals surface area contributed by atoms with E-state index in [9.17, 15) is 9.59 Å². The van der Waals surface area contributed by atoms with Crippen molar-refractivity contribution in [2.24, 2.45) is 5.73 Å². The van der Waals surface area contributed by atoms with Crippen LogP contribution >= 0.6 is 0 Å². The quantitative estimate of drug-likeness (QED) is 0.610. The van der Waals surface area contributed by atoms with E-state index < -0.39 is 5.91 Å². The van der Waals surface area contributed by atoms with E-state index in [1.54, 1.807) is 54.7 Å². The third-order valence-electron chi connectivity index (χ3n) is 3.59. The Kier molecular flexibility index (Phi) is 6.73. The summed E-state index contributed by atoms with van der Waals surface area (Å²) in [6, 6.07) is 13.7. The third-order valence-corrected chi connectivity index (χ3v) is 3.59. The zero-order chi connectivity index (χ0) is 19.8. The lowest BCUT2D eigenvalue weighted by molar-refractivity contribution is 0.1000. The van der Waals surface area contributed by atoms with E-state index in [4.69, 9.17) is 11.5 Å². The van der Waals surface area contributed by atoms with Crippen LogP contribution in [-0.4, -0.2) is 36.3 Å². The van der Waals surface area contributed by atoms with Gasteiger partial charge in [0.25, 0.3) is 0 Å². The van der Waals surface area contributed by atoms with Gasteiger partial charge in [-0.1, -0.05) is 36.4 Å². The van der Waals surface area contributed by atoms with E-state index in [0.29, 0.717) is 28.3 Å². The summed E-state index contributed by atoms with van der Waals surface area (Å²) in [6.07, 6.45) is 2.34. The number of carbonyl (C=O) groups excluding carboxylic acids is 2. The van der Waals surface area contributed by atoms with Crippen molar-refractivity contribution in [2.75, 3.05) is 19.8 Å². The van der Waals surface area contributed by atoms with Crippen molar-refractivity contribution in [1.29, 1.82) is 0 Å². The molecule has 0 saturated carbocycles. The number of amides is 1. The molecule has 0 aliphatic rings. The fraction of sp³-hybridized carbons (Fsp3) is 0.100. The minimum atomic E-state index is -0.485. The molecule has 5 N–H and O–H groups in total. The Morgan fingerprint density at radius 3 is 2.07 bits per heavy atom. The molecular formula is C20H21N5O2. The predicted octanol–water partition coefficient (Wildman–Crippen LogP) is 2.14. The van der Waals surface area contributed by atoms with E-state index in [0.717, 1.165) is 17.4 Å². The van der Waals surface area contributed by atoms with Gasteiger partial charge in [0.05, 0.1) is 11.9 Å². The van der Waals surface area contributed by atoms with Crippen LogP contribution in [0.25, 0.3) is 22.5 Å². The van der Waals surface area contributed by atoms with Gasteiger partial charge in [-0.3, -0.25) is 9.59 Å². The van der Waals surface area contributed by atoms with Crippen LogP contribution in [0.4, 0.5) is 5.82 Å². The maximum absolute atomic E-state index is 11.1. The zero-order valence-electron chi connectivity index (χ0n) is 15.1. The maximum Gasteiger partial charge on any atom is 0.248 e. The Morgan fingerprint density at radius 1 is 1.00 bits per heavy atom. The van der Waals surface area contributed by atoms with Gasteiger partial charge < -0.3 is 16.8 Å². The number of nitrogens with zero attached hydrogens (tertiary/aromatic N) is 2. The molecule has 0 bridgehead atoms. The lowest BCUT2D eigenvalue weighted by Crippen LogP contribution is -2.10. The molecule has 1 aromatic heterocycles. The second kappa shape index (κ2) is 9.21. The van der Waals surface area contributed by atoms with E-state index in [1.165, 1.54) is 0 Å². The predicted molar refractivity (Wildman–Crippen MR) is 106 cm³/mol. The smallest absolute Gasteiger partial charge is 0.248 e. The average Bonchev–Trinajstić information content (AvgIpc) is 2.69. The Bertz CT molecular complexity index is 922. The Balaban J connectivity index is 0.000000817. The van der Waals surface area contributed by atoms with Crippen molar-refractivity contribution in [3.63, 3.8) is 0 Å². The standard InChI is InChI=1S/C18H14N4O2.C2H7N/c19-17-16(13-3-1-11(10-23)2-4-13)22-15(9-21-17)12-5-7-14(8-6-12)18(20)24;1-3-2/h1-10H,(H2,19,21)(H2,20,24);3H,1-2H3. The summed E-state index contributed by atoms with van der Waals surface area (Å²) in [5.41, 5.74) is 14.9. The second-order valence-corrected chi connectivity index (χ2v) is 5.67. The highest BCUT2D eigenvalue weighted by atomic mass is 16.1. The van der Waals surface area contributed by atoms with E-state index in [2.05, 4.69) is 15.3 Å². The molecule has 0 saturated heterocycles. The highest BCUT2D eigenvalue weighted by Crippen LogP contribution is 2.26. The summed E-state index contributed by atoms with van der Waals surface area (Å²) >= 11 is 0. The van der Waals surface area contributed by atoms with E-state index >= 15 is 0 Å². The first-order valence-corrected chi connectivity index (χ1v) is 8.17. The van der Waals surface area contributed by atoms with Gasteiger partial charge in [-0.25, -0.2) is 9.97 Å². The molecular weight excluding hydrogens is 342 g/mol. The zero-order valence-corrected chi connectivity index (χ0v) is 15.1. The van der Waals surface area contributed by atoms with Gasteiger partial charge in [-0.05, 0) is 26.2 Å². The molecule has 3 rings (SSSR count). The summed E-state index contributed by atoms with van der Waals surface area (Å²) in [7, 11) is 3.75. The number of aldehydes is 1. The van der Waals surface area contributed by atoms with Crippen molar-refractivity contribution in [3.05, 3.63) is 65.9 Å². The maximum atomic E-state index is 11.1. The van der Waals surface area contributed by atoms with Crippen LogP contribution in [0, 0.1) is 0 Å². The lowest BCUT2D eigenvalue weighted by Gasteiger charge is -2.08. The van der Waals surface area contributed by atoms with Crippen LogP contribution in [0.5, 0.6) is 0 Å². The Labute approximate surface area is 157 Å². The topological polar surface area (TPSA) is 124 Å². The first-order chi connectivity index (χ1) is 13.0. The second-order valence-electron chi connectivity index (χ2n) is 5.67. The van der Waals surface area contributed by atoms with Crippen molar-refractivity contribution >= 4 is 18.0 Å². The van der Waals surface area contributed by atoms with Gasteiger partial charge in [-0.2, -0.15) is 0 Å². The number of carbonyl (C=O) groups is 2. The third kappa shape index (κ3) is 4.96. The number of nitrogens with one attached hydrogen (secondary N) is 1. The molecule has 7 heteroatoms. The van der Waals surface area contributed by atoms with Gasteiger partial charge in [0, 0.05) is 22.3 Å². The first kappa shape index (κ1) is 19.7. The van der Waals surface area contributed by atoms with E-state index in [1.807, 2.05) is 14.1 Å². The number of nitrogen functional groups attached to an aromatic ring is 1. The van der Waals surface area contributed by atoms with Crippen LogP contribution in [-0.2, 0) is 0 Å². The molecule has 0 unspecified atom stereocenters. The number of anilines is 1. The molecule has 0 atom stereocenters. The number of aromatic nitrogens is 2. The van der Waals surface area contributed by atoms with Crippen LogP contribution in [0.2, 0.25) is 0 Å². The highest BCUT2D eigenvalue weighted by molar-refractivity contribution is 5.93. The van der Waals surface area contributed by atoms with Crippen molar-refractivity contribution < 1.29 is 9.59 Å². The number of hydrogen-bond donors (Lipinski definition) is 3. The van der Waals surface area contributed by atoms with Gasteiger partial charge in [0.1, 0.15) is 17.8 Å². The molecule has 0 radical (unpaired) electrons. The molecule has 1 heterocycles. The fourth-order valence-corrected chi connectivity index (χ4v) is 2.27. The molecule has 0 aliphatic carbocycles. The molecule has 2 aromatic carbocycles. The lowest BCUT2D eigenvalue weighted by atomic mass is 10.1. The van der Waals surface area contributed by atoms with E-state index in [-0.39, 0.29) is 0 Å². The number of rotatable bonds is 4. The average molecular weight is 363 g/mol. The van der Waals surface area contributed by atoms with Crippen LogP contribution in [0.15, 0.2) is 54.7 Å². The Morgan fingerprint density at radius 2 is 1.56 bits per heavy atom. The van der Waals surface area contributed by atoms with Gasteiger partial charge in [0.2, 0.25) is 5.91 Å². The van der Waals surface area contributed by atoms with Crippen molar-refractivity contribution in [2.45, 2.75) is 0 Å². The van der Waals surface area contributed by atoms with Crippen LogP contribution in [0.3, 0.4) is 0 Å². The van der Waals surface area contributed by atoms with Crippen molar-refractivity contribution in [3.8, 4) is 22.5 Å². The number of benzene rings is 2. The highest BCUT2D eigenvalue weighted by Gasteiger charge is 2.10. The summed E-state index contributed by atoms with van der Waals surface area (Å²) in [5.74, 6) is -0.188. The first-order valence-electron chi connectivity index (χ1n) is 8.17. The molecule has 138 valence electrons. The molecule has 0 spiro atoms. The van der Waals surface area contributed by atoms with Gasteiger partial charge in [-0.15, -0.1) is 0 Å². The summed E-state index contributed by atoms with van der Waals surface area (Å²) in [6.45, 7) is 0. The van der Waals surface area contributed by atoms with Gasteiger partial charge in [0.15, 0.2) is 0 Å². The van der Waals surface area contributed by atoms with Crippen molar-refractivity contribution in [1.82, 2.24) is 15.3 Å². The largest absolute Gasteiger partial charge is 0.382 e. The summed E-state index contributed by atoms with van der Waals surface area (Å²) in [4.78, 5) is 30.6.